The van der Waals surface area contributed by atoms with Crippen LogP contribution in [0.4, 0.5) is 8.78 Å². The predicted octanol–water partition coefficient (Wildman–Crippen LogP) is 4.79. The zero-order valence-electron chi connectivity index (χ0n) is 11.8. The molecule has 0 heterocycles. The van der Waals surface area contributed by atoms with Gasteiger partial charge in [-0.1, -0.05) is 54.6 Å². The lowest BCUT2D eigenvalue weighted by Crippen LogP contribution is -1.96. The van der Waals surface area contributed by atoms with E-state index in [1.54, 1.807) is 24.3 Å². The fraction of sp³-hybridized carbons (Fsp3) is 0.0526. The van der Waals surface area contributed by atoms with Gasteiger partial charge >= 0.3 is 0 Å². The summed E-state index contributed by atoms with van der Waals surface area (Å²) in [6, 6.07) is 18.4. The molecule has 3 aromatic rings. The Morgan fingerprint density at radius 2 is 1.41 bits per heavy atom. The minimum Gasteiger partial charge on any atom is -0.392 e. The first-order valence-corrected chi connectivity index (χ1v) is 6.94. The first-order chi connectivity index (χ1) is 10.7. The predicted molar refractivity (Wildman–Crippen MR) is 83.2 cm³/mol. The summed E-state index contributed by atoms with van der Waals surface area (Å²) in [6.07, 6.45) is 0. The zero-order chi connectivity index (χ0) is 15.5. The van der Waals surface area contributed by atoms with Gasteiger partial charge in [0.1, 0.15) is 11.6 Å². The molecule has 0 radical (unpaired) electrons. The Morgan fingerprint density at radius 1 is 0.727 bits per heavy atom. The van der Waals surface area contributed by atoms with Gasteiger partial charge in [0.15, 0.2) is 0 Å². The highest BCUT2D eigenvalue weighted by Gasteiger charge is 2.16. The van der Waals surface area contributed by atoms with E-state index in [0.29, 0.717) is 11.1 Å². The van der Waals surface area contributed by atoms with E-state index in [0.717, 1.165) is 11.1 Å². The molecule has 3 aromatic carbocycles. The number of benzene rings is 3. The van der Waals surface area contributed by atoms with Crippen molar-refractivity contribution in [3.63, 3.8) is 0 Å². The summed E-state index contributed by atoms with van der Waals surface area (Å²) >= 11 is 0. The molecular weight excluding hydrogens is 282 g/mol. The largest absolute Gasteiger partial charge is 0.392 e. The summed E-state index contributed by atoms with van der Waals surface area (Å²) < 4.78 is 27.9. The molecule has 1 N–H and O–H groups in total. The van der Waals surface area contributed by atoms with Crippen LogP contribution < -0.4 is 0 Å². The smallest absolute Gasteiger partial charge is 0.137 e. The molecule has 3 heteroatoms. The molecule has 0 aliphatic rings. The molecule has 0 atom stereocenters. The molecule has 110 valence electrons. The third-order valence-electron chi connectivity index (χ3n) is 3.61. The molecule has 0 unspecified atom stereocenters. The van der Waals surface area contributed by atoms with Gasteiger partial charge in [-0.05, 0) is 28.8 Å². The van der Waals surface area contributed by atoms with E-state index in [-0.39, 0.29) is 18.0 Å². The van der Waals surface area contributed by atoms with Gasteiger partial charge < -0.3 is 5.11 Å². The highest BCUT2D eigenvalue weighted by molar-refractivity contribution is 5.84. The van der Waals surface area contributed by atoms with Crippen LogP contribution in [-0.2, 0) is 6.61 Å². The lowest BCUT2D eigenvalue weighted by atomic mass is 9.92. The second-order valence-electron chi connectivity index (χ2n) is 4.99. The maximum absolute atomic E-state index is 14.7. The molecule has 0 bridgehead atoms. The average Bonchev–Trinajstić information content (AvgIpc) is 2.56. The van der Waals surface area contributed by atoms with E-state index in [1.807, 2.05) is 30.3 Å². The first-order valence-electron chi connectivity index (χ1n) is 6.94. The Balaban J connectivity index is 2.26. The molecule has 22 heavy (non-hydrogen) atoms. The van der Waals surface area contributed by atoms with Crippen LogP contribution in [0, 0.1) is 11.6 Å². The molecule has 0 saturated carbocycles. The van der Waals surface area contributed by atoms with E-state index in [9.17, 15) is 13.9 Å². The molecule has 1 nitrogen and oxygen atoms in total. The minimum atomic E-state index is -0.449. The maximum atomic E-state index is 14.7. The van der Waals surface area contributed by atoms with Crippen molar-refractivity contribution < 1.29 is 13.9 Å². The Bertz CT molecular complexity index is 781. The number of halogens is 2. The van der Waals surface area contributed by atoms with E-state index in [2.05, 4.69) is 0 Å². The summed E-state index contributed by atoms with van der Waals surface area (Å²) in [5.41, 5.74) is 2.77. The SMILES string of the molecule is OCc1ccc(-c2ccc(F)cc2)c(-c2ccccc2)c1F. The van der Waals surface area contributed by atoms with Gasteiger partial charge in [0.2, 0.25) is 0 Å². The van der Waals surface area contributed by atoms with Gasteiger partial charge in [0, 0.05) is 11.1 Å². The quantitative estimate of drug-likeness (QED) is 0.736. The number of hydrogen-bond donors (Lipinski definition) is 1. The van der Waals surface area contributed by atoms with Crippen molar-refractivity contribution in [2.24, 2.45) is 0 Å². The molecule has 3 rings (SSSR count). The molecule has 0 fully saturated rings. The average molecular weight is 296 g/mol. The Hall–Kier alpha value is -2.52. The summed E-state index contributed by atoms with van der Waals surface area (Å²) in [4.78, 5) is 0. The summed E-state index contributed by atoms with van der Waals surface area (Å²) in [7, 11) is 0. The van der Waals surface area contributed by atoms with Crippen LogP contribution in [0.1, 0.15) is 5.56 Å². The molecule has 0 aliphatic heterocycles. The summed E-state index contributed by atoms with van der Waals surface area (Å²) in [5.74, 6) is -0.784. The topological polar surface area (TPSA) is 20.2 Å². The van der Waals surface area contributed by atoms with Crippen LogP contribution in [0.25, 0.3) is 22.3 Å². The molecule has 0 aliphatic carbocycles. The maximum Gasteiger partial charge on any atom is 0.137 e. The fourth-order valence-electron chi connectivity index (χ4n) is 2.50. The van der Waals surface area contributed by atoms with Crippen molar-refractivity contribution in [2.75, 3.05) is 0 Å². The lowest BCUT2D eigenvalue weighted by molar-refractivity contribution is 0.276. The Kier molecular flexibility index (Phi) is 3.98. The lowest BCUT2D eigenvalue weighted by Gasteiger charge is -2.14. The zero-order valence-corrected chi connectivity index (χ0v) is 11.8. The molecular formula is C19H14F2O. The Labute approximate surface area is 127 Å². The number of aliphatic hydroxyl groups is 1. The normalized spacial score (nSPS) is 10.7. The van der Waals surface area contributed by atoms with Crippen molar-refractivity contribution in [3.05, 3.63) is 83.9 Å². The number of aliphatic hydroxyl groups excluding tert-OH is 1. The third kappa shape index (κ3) is 2.63. The van der Waals surface area contributed by atoms with Crippen LogP contribution >= 0.6 is 0 Å². The van der Waals surface area contributed by atoms with Gasteiger partial charge in [-0.2, -0.15) is 0 Å². The van der Waals surface area contributed by atoms with Crippen LogP contribution in [0.15, 0.2) is 66.7 Å². The second kappa shape index (κ2) is 6.08. The molecule has 0 amide bonds. The van der Waals surface area contributed by atoms with Gasteiger partial charge in [-0.15, -0.1) is 0 Å². The van der Waals surface area contributed by atoms with Crippen LogP contribution in [-0.4, -0.2) is 5.11 Å². The van der Waals surface area contributed by atoms with Crippen molar-refractivity contribution >= 4 is 0 Å². The molecule has 0 spiro atoms. The van der Waals surface area contributed by atoms with Gasteiger partial charge in [-0.3, -0.25) is 0 Å². The monoisotopic (exact) mass is 296 g/mol. The molecule has 0 aromatic heterocycles. The van der Waals surface area contributed by atoms with Crippen LogP contribution in [0.2, 0.25) is 0 Å². The van der Waals surface area contributed by atoms with Crippen molar-refractivity contribution in [2.45, 2.75) is 6.61 Å². The number of hydrogen-bond acceptors (Lipinski definition) is 1. The highest BCUT2D eigenvalue weighted by atomic mass is 19.1. The van der Waals surface area contributed by atoms with E-state index < -0.39 is 5.82 Å². The first kappa shape index (κ1) is 14.4. The van der Waals surface area contributed by atoms with Gasteiger partial charge in [0.05, 0.1) is 6.61 Å². The standard InChI is InChI=1S/C19H14F2O/c20-16-9-6-13(7-10-16)17-11-8-15(12-22)19(21)18(17)14-4-2-1-3-5-14/h1-11,22H,12H2. The Morgan fingerprint density at radius 3 is 2.05 bits per heavy atom. The third-order valence-corrected chi connectivity index (χ3v) is 3.61. The van der Waals surface area contributed by atoms with Crippen molar-refractivity contribution in [3.8, 4) is 22.3 Å². The van der Waals surface area contributed by atoms with Gasteiger partial charge in [0.25, 0.3) is 0 Å². The second-order valence-corrected chi connectivity index (χ2v) is 4.99. The van der Waals surface area contributed by atoms with Gasteiger partial charge in [-0.25, -0.2) is 8.78 Å². The van der Waals surface area contributed by atoms with Crippen molar-refractivity contribution in [1.29, 1.82) is 0 Å². The summed E-state index contributed by atoms with van der Waals surface area (Å²) in [5, 5.41) is 9.30. The fourth-order valence-corrected chi connectivity index (χ4v) is 2.50. The molecule has 0 saturated heterocycles. The van der Waals surface area contributed by atoms with Crippen LogP contribution in [0.5, 0.6) is 0 Å². The summed E-state index contributed by atoms with van der Waals surface area (Å²) in [6.45, 7) is -0.366. The number of rotatable bonds is 3. The highest BCUT2D eigenvalue weighted by Crippen LogP contribution is 2.35. The van der Waals surface area contributed by atoms with Crippen LogP contribution in [0.3, 0.4) is 0 Å². The van der Waals surface area contributed by atoms with E-state index in [4.69, 9.17) is 0 Å². The van der Waals surface area contributed by atoms with E-state index in [1.165, 1.54) is 12.1 Å². The van der Waals surface area contributed by atoms with E-state index >= 15 is 0 Å². The minimum absolute atomic E-state index is 0.240. The van der Waals surface area contributed by atoms with Crippen molar-refractivity contribution in [1.82, 2.24) is 0 Å².